The first-order valence-electron chi connectivity index (χ1n) is 5.66. The Kier molecular flexibility index (Phi) is 3.07. The minimum Gasteiger partial charge on any atom is -0.480 e. The summed E-state index contributed by atoms with van der Waals surface area (Å²) in [5.41, 5.74) is 4.54. The number of rotatable bonds is 3. The van der Waals surface area contributed by atoms with Crippen LogP contribution < -0.4 is 5.73 Å². The third-order valence-corrected chi connectivity index (χ3v) is 3.25. The third-order valence-electron chi connectivity index (χ3n) is 3.25. The van der Waals surface area contributed by atoms with Gasteiger partial charge in [-0.25, -0.2) is 4.79 Å². The number of carboxylic acids is 1. The Hall–Kier alpha value is -1.91. The maximum Gasteiger partial charge on any atom is 0.331 e. The minimum absolute atomic E-state index is 0.420. The van der Waals surface area contributed by atoms with E-state index in [4.69, 9.17) is 5.73 Å². The molecular formula is C14H15NO3. The van der Waals surface area contributed by atoms with Crippen LogP contribution in [-0.2, 0) is 10.3 Å². The molecule has 94 valence electrons. The van der Waals surface area contributed by atoms with E-state index in [1.807, 2.05) is 24.3 Å². The SMILES string of the molecule is C[C@@H](O)[C@](N)(C(=O)O)c1cccc2ccccc12. The highest BCUT2D eigenvalue weighted by Crippen LogP contribution is 2.30. The van der Waals surface area contributed by atoms with Crippen LogP contribution in [0.15, 0.2) is 42.5 Å². The van der Waals surface area contributed by atoms with Crippen molar-refractivity contribution >= 4 is 16.7 Å². The molecule has 2 rings (SSSR count). The van der Waals surface area contributed by atoms with Crippen molar-refractivity contribution < 1.29 is 15.0 Å². The van der Waals surface area contributed by atoms with E-state index in [1.165, 1.54) is 6.92 Å². The minimum atomic E-state index is -1.80. The molecule has 0 heterocycles. The first-order chi connectivity index (χ1) is 8.48. The summed E-state index contributed by atoms with van der Waals surface area (Å²) in [6.07, 6.45) is -1.19. The predicted octanol–water partition coefficient (Wildman–Crippen LogP) is 1.46. The van der Waals surface area contributed by atoms with Crippen LogP contribution in [0.4, 0.5) is 0 Å². The van der Waals surface area contributed by atoms with Crippen molar-refractivity contribution in [2.24, 2.45) is 5.73 Å². The first-order valence-corrected chi connectivity index (χ1v) is 5.66. The Morgan fingerprint density at radius 3 is 2.44 bits per heavy atom. The van der Waals surface area contributed by atoms with Gasteiger partial charge in [0.15, 0.2) is 5.54 Å². The smallest absolute Gasteiger partial charge is 0.331 e. The zero-order valence-corrected chi connectivity index (χ0v) is 10.00. The number of hydrogen-bond acceptors (Lipinski definition) is 3. The second-order valence-electron chi connectivity index (χ2n) is 4.38. The molecule has 0 aliphatic heterocycles. The van der Waals surface area contributed by atoms with Crippen LogP contribution in [0.2, 0.25) is 0 Å². The van der Waals surface area contributed by atoms with Crippen molar-refractivity contribution in [1.82, 2.24) is 0 Å². The van der Waals surface area contributed by atoms with Crippen LogP contribution in [0.1, 0.15) is 12.5 Å². The molecule has 0 aromatic heterocycles. The number of carboxylic acid groups (broad SMARTS) is 1. The van der Waals surface area contributed by atoms with Gasteiger partial charge in [-0.1, -0.05) is 42.5 Å². The molecule has 0 fully saturated rings. The van der Waals surface area contributed by atoms with Gasteiger partial charge in [-0.05, 0) is 23.3 Å². The van der Waals surface area contributed by atoms with E-state index in [9.17, 15) is 15.0 Å². The maximum absolute atomic E-state index is 11.4. The predicted molar refractivity (Wildman–Crippen MR) is 69.1 cm³/mol. The van der Waals surface area contributed by atoms with E-state index >= 15 is 0 Å². The van der Waals surface area contributed by atoms with E-state index in [0.717, 1.165) is 10.8 Å². The van der Waals surface area contributed by atoms with Crippen molar-refractivity contribution in [3.8, 4) is 0 Å². The molecule has 0 saturated carbocycles. The second-order valence-corrected chi connectivity index (χ2v) is 4.38. The van der Waals surface area contributed by atoms with E-state index in [0.29, 0.717) is 5.56 Å². The zero-order valence-electron chi connectivity index (χ0n) is 10.00. The lowest BCUT2D eigenvalue weighted by atomic mass is 9.83. The van der Waals surface area contributed by atoms with Gasteiger partial charge in [0.1, 0.15) is 0 Å². The van der Waals surface area contributed by atoms with Crippen LogP contribution in [0, 0.1) is 0 Å². The molecule has 0 saturated heterocycles. The Bertz CT molecular complexity index is 589. The number of hydrogen-bond donors (Lipinski definition) is 3. The van der Waals surface area contributed by atoms with Crippen molar-refractivity contribution in [2.45, 2.75) is 18.6 Å². The molecule has 4 heteroatoms. The average Bonchev–Trinajstić information content (AvgIpc) is 2.36. The molecular weight excluding hydrogens is 230 g/mol. The van der Waals surface area contributed by atoms with Gasteiger partial charge in [0.2, 0.25) is 0 Å². The molecule has 0 bridgehead atoms. The van der Waals surface area contributed by atoms with Crippen molar-refractivity contribution in [2.75, 3.05) is 0 Å². The van der Waals surface area contributed by atoms with Gasteiger partial charge in [-0.15, -0.1) is 0 Å². The monoisotopic (exact) mass is 245 g/mol. The molecule has 0 amide bonds. The summed E-state index contributed by atoms with van der Waals surface area (Å²) in [4.78, 5) is 11.4. The highest BCUT2D eigenvalue weighted by molar-refractivity contribution is 5.93. The van der Waals surface area contributed by atoms with E-state index < -0.39 is 17.6 Å². The topological polar surface area (TPSA) is 83.5 Å². The molecule has 4 nitrogen and oxygen atoms in total. The number of carbonyl (C=O) groups is 1. The van der Waals surface area contributed by atoms with E-state index in [2.05, 4.69) is 0 Å². The normalized spacial score (nSPS) is 16.2. The van der Waals surface area contributed by atoms with Crippen LogP contribution in [0.25, 0.3) is 10.8 Å². The lowest BCUT2D eigenvalue weighted by Crippen LogP contribution is -2.53. The van der Waals surface area contributed by atoms with Gasteiger partial charge < -0.3 is 15.9 Å². The maximum atomic E-state index is 11.4. The molecule has 0 radical (unpaired) electrons. The Labute approximate surface area is 105 Å². The Balaban J connectivity index is 2.77. The van der Waals surface area contributed by atoms with Gasteiger partial charge in [-0.2, -0.15) is 0 Å². The summed E-state index contributed by atoms with van der Waals surface area (Å²) < 4.78 is 0. The lowest BCUT2D eigenvalue weighted by Gasteiger charge is -2.29. The fourth-order valence-corrected chi connectivity index (χ4v) is 2.11. The van der Waals surface area contributed by atoms with Gasteiger partial charge in [0, 0.05) is 0 Å². The first kappa shape index (κ1) is 12.5. The van der Waals surface area contributed by atoms with E-state index in [-0.39, 0.29) is 0 Å². The molecule has 0 aliphatic rings. The fraction of sp³-hybridized carbons (Fsp3) is 0.214. The third kappa shape index (κ3) is 1.75. The Morgan fingerprint density at radius 1 is 1.22 bits per heavy atom. The highest BCUT2D eigenvalue weighted by Gasteiger charge is 2.42. The summed E-state index contributed by atoms with van der Waals surface area (Å²) in [5, 5.41) is 20.7. The second kappa shape index (κ2) is 4.40. The molecule has 4 N–H and O–H groups in total. The summed E-state index contributed by atoms with van der Waals surface area (Å²) in [5.74, 6) is -1.24. The van der Waals surface area contributed by atoms with Crippen LogP contribution in [0.5, 0.6) is 0 Å². The van der Waals surface area contributed by atoms with Gasteiger partial charge >= 0.3 is 5.97 Å². The number of aliphatic hydroxyl groups excluding tert-OH is 1. The van der Waals surface area contributed by atoms with Crippen LogP contribution in [0.3, 0.4) is 0 Å². The van der Waals surface area contributed by atoms with Crippen molar-refractivity contribution in [3.63, 3.8) is 0 Å². The molecule has 2 atom stereocenters. The largest absolute Gasteiger partial charge is 0.480 e. The summed E-state index contributed by atoms with van der Waals surface area (Å²) in [7, 11) is 0. The fourth-order valence-electron chi connectivity index (χ4n) is 2.11. The molecule has 0 unspecified atom stereocenters. The van der Waals surface area contributed by atoms with Gasteiger partial charge in [-0.3, -0.25) is 0 Å². The van der Waals surface area contributed by atoms with Gasteiger partial charge in [0.05, 0.1) is 6.10 Å². The average molecular weight is 245 g/mol. The number of benzene rings is 2. The van der Waals surface area contributed by atoms with Crippen molar-refractivity contribution in [1.29, 1.82) is 0 Å². The molecule has 0 spiro atoms. The van der Waals surface area contributed by atoms with Crippen molar-refractivity contribution in [3.05, 3.63) is 48.0 Å². The standard InChI is InChI=1S/C14H15NO3/c1-9(16)14(15,13(17)18)12-8-4-6-10-5-2-3-7-11(10)12/h2-9,16H,15H2,1H3,(H,17,18)/t9-,14-/m1/s1. The molecule has 2 aromatic carbocycles. The highest BCUT2D eigenvalue weighted by atomic mass is 16.4. The summed E-state index contributed by atoms with van der Waals surface area (Å²) >= 11 is 0. The number of aliphatic hydroxyl groups is 1. The summed E-state index contributed by atoms with van der Waals surface area (Å²) in [6.45, 7) is 1.38. The summed E-state index contributed by atoms with van der Waals surface area (Å²) in [6, 6.07) is 12.6. The lowest BCUT2D eigenvalue weighted by molar-refractivity contribution is -0.148. The van der Waals surface area contributed by atoms with E-state index in [1.54, 1.807) is 18.2 Å². The molecule has 0 aliphatic carbocycles. The Morgan fingerprint density at radius 2 is 1.83 bits per heavy atom. The zero-order chi connectivity index (χ0) is 13.3. The number of aliphatic carboxylic acids is 1. The quantitative estimate of drug-likeness (QED) is 0.764. The molecule has 18 heavy (non-hydrogen) atoms. The number of nitrogens with two attached hydrogens (primary N) is 1. The molecule has 2 aromatic rings. The van der Waals surface area contributed by atoms with Crippen LogP contribution >= 0.6 is 0 Å². The number of fused-ring (bicyclic) bond motifs is 1. The van der Waals surface area contributed by atoms with Gasteiger partial charge in [0.25, 0.3) is 0 Å². The van der Waals surface area contributed by atoms with Crippen LogP contribution in [-0.4, -0.2) is 22.3 Å².